The van der Waals surface area contributed by atoms with Crippen molar-refractivity contribution in [2.24, 2.45) is 57.3 Å². The highest BCUT2D eigenvalue weighted by Gasteiger charge is 2.55. The molecule has 8 atom stereocenters. The number of nitrogens with zero attached hydrogens (tertiary/aromatic N) is 4. The average Bonchev–Trinajstić information content (AvgIpc) is 4.04. The second kappa shape index (κ2) is 14.3. The Hall–Kier alpha value is -3.90. The molecule has 62 heavy (non-hydrogen) atoms. The first-order valence-electron chi connectivity index (χ1n) is 24.2. The van der Waals surface area contributed by atoms with Crippen LogP contribution >= 0.6 is 22.7 Å². The number of rotatable bonds is 2. The van der Waals surface area contributed by atoms with E-state index in [1.807, 2.05) is 0 Å². The van der Waals surface area contributed by atoms with Crippen LogP contribution in [0.15, 0.2) is 22.1 Å². The molecule has 0 radical (unpaired) electrons. The number of hydrogen-bond donors (Lipinski definition) is 0. The fourth-order valence-corrected chi connectivity index (χ4v) is 16.6. The van der Waals surface area contributed by atoms with E-state index in [1.165, 1.54) is 74.0 Å². The minimum absolute atomic E-state index is 0.0796. The minimum atomic E-state index is -0.637. The van der Waals surface area contributed by atoms with Gasteiger partial charge in [-0.2, -0.15) is 0 Å². The van der Waals surface area contributed by atoms with Gasteiger partial charge in [-0.15, -0.1) is 0 Å². The highest BCUT2D eigenvalue weighted by Crippen LogP contribution is 2.61. The molecule has 0 amide bonds. The Morgan fingerprint density at radius 2 is 0.823 bits per heavy atom. The molecule has 0 saturated heterocycles. The Labute approximate surface area is 370 Å². The van der Waals surface area contributed by atoms with E-state index in [9.17, 15) is 19.2 Å². The zero-order valence-electron chi connectivity index (χ0n) is 35.4. The number of benzene rings is 1. The van der Waals surface area contributed by atoms with Gasteiger partial charge in [0.25, 0.3) is 0 Å². The fraction of sp³-hybridized carbons (Fsp3) is 0.640. The van der Waals surface area contributed by atoms with Crippen molar-refractivity contribution in [3.05, 3.63) is 23.5 Å². The molecule has 12 heteroatoms. The lowest BCUT2D eigenvalue weighted by atomic mass is 9.64. The zero-order valence-corrected chi connectivity index (χ0v) is 37.0. The van der Waals surface area contributed by atoms with Gasteiger partial charge in [0.15, 0.2) is 45.8 Å². The molecule has 2 spiro atoms. The zero-order chi connectivity index (χ0) is 41.5. The third kappa shape index (κ3) is 5.75. The standard InChI is InChI=1S/C50H54N4O6S2/c55-39-29-19-25-11-3-4-12-26(25)20-30(29)40(56)37(39)51-47-53-45-43(61-47)33-24-36-34(23-35(33)59-49(45)15-7-1-8-16-49)44-46(50(60-36)17-9-2-10-18-50)54-48(62-44)52-38-41(57)31-21-27-13-5-6-14-28(27)22-32(31)42(38)58/h23-32H,1-22H2. The number of carbonyl (C=O) groups excluding carboxylic acids is 4. The van der Waals surface area contributed by atoms with Gasteiger partial charge in [-0.05, 0) is 113 Å². The maximum atomic E-state index is 14.0. The van der Waals surface area contributed by atoms with Crippen molar-refractivity contribution in [2.45, 2.75) is 152 Å². The van der Waals surface area contributed by atoms with Gasteiger partial charge in [-0.25, -0.2) is 20.0 Å². The first-order valence-corrected chi connectivity index (χ1v) is 25.8. The summed E-state index contributed by atoms with van der Waals surface area (Å²) in [6, 6.07) is 4.21. The number of fused-ring (bicyclic) bond motifs is 12. The number of ether oxygens (including phenoxy) is 2. The summed E-state index contributed by atoms with van der Waals surface area (Å²) in [5.41, 5.74) is 2.44. The van der Waals surface area contributed by atoms with E-state index in [1.54, 1.807) is 0 Å². The molecule has 0 N–H and O–H groups in total. The molecule has 2 aliphatic heterocycles. The summed E-state index contributed by atoms with van der Waals surface area (Å²) in [7, 11) is 0. The molecule has 10 nitrogen and oxygen atoms in total. The summed E-state index contributed by atoms with van der Waals surface area (Å²) in [6.45, 7) is 0. The Morgan fingerprint density at radius 3 is 1.16 bits per heavy atom. The van der Waals surface area contributed by atoms with E-state index in [2.05, 4.69) is 12.1 Å². The van der Waals surface area contributed by atoms with Crippen molar-refractivity contribution < 1.29 is 28.7 Å². The molecular formula is C50H54N4O6S2. The van der Waals surface area contributed by atoms with E-state index >= 15 is 0 Å². The van der Waals surface area contributed by atoms with Crippen molar-refractivity contribution in [3.63, 3.8) is 0 Å². The number of Topliss-reactive ketones (excluding diaryl/α,β-unsaturated/α-hetero) is 4. The average molecular weight is 871 g/mol. The monoisotopic (exact) mass is 870 g/mol. The summed E-state index contributed by atoms with van der Waals surface area (Å²) in [6.07, 6.45) is 22.4. The molecule has 8 unspecified atom stereocenters. The largest absolute Gasteiger partial charge is 0.480 e. The summed E-state index contributed by atoms with van der Waals surface area (Å²) < 4.78 is 14.3. The van der Waals surface area contributed by atoms with Crippen LogP contribution in [0.25, 0.3) is 20.9 Å². The number of ketones is 4. The number of carbonyl (C=O) groups is 4. The number of thiazole rings is 2. The topological polar surface area (TPSA) is 137 Å². The lowest BCUT2D eigenvalue weighted by molar-refractivity contribution is -0.123. The first kappa shape index (κ1) is 38.5. The van der Waals surface area contributed by atoms with Crippen molar-refractivity contribution in [3.8, 4) is 32.4 Å². The van der Waals surface area contributed by atoms with Gasteiger partial charge in [0.05, 0.1) is 9.75 Å². The van der Waals surface area contributed by atoms with Gasteiger partial charge in [0.1, 0.15) is 22.9 Å². The van der Waals surface area contributed by atoms with Crippen LogP contribution in [0.5, 0.6) is 11.5 Å². The van der Waals surface area contributed by atoms with Crippen LogP contribution in [-0.2, 0) is 30.4 Å². The predicted molar refractivity (Wildman–Crippen MR) is 237 cm³/mol. The third-order valence-corrected chi connectivity index (χ3v) is 19.6. The second-order valence-corrected chi connectivity index (χ2v) is 22.8. The molecule has 4 heterocycles. The lowest BCUT2D eigenvalue weighted by Crippen LogP contribution is -2.39. The number of aliphatic imine (C=N–C) groups is 2. The second-order valence-electron chi connectivity index (χ2n) is 20.9. The van der Waals surface area contributed by atoms with Crippen LogP contribution < -0.4 is 9.47 Å². The SMILES string of the molecule is O=C1C(=Nc2nc3c(s2)-c2cc4c(cc2OC32CCCCC2)-c2sc(N=C3C(=O)C5CC6CCCCC6CC5C3=O)nc2C2(CCCCC2)O4)C(=O)C2CC3CCCCC3CC12. The summed E-state index contributed by atoms with van der Waals surface area (Å²) >= 11 is 2.92. The van der Waals surface area contributed by atoms with Gasteiger partial charge < -0.3 is 9.47 Å². The van der Waals surface area contributed by atoms with Gasteiger partial charge in [-0.3, -0.25) is 19.2 Å². The van der Waals surface area contributed by atoms with Crippen molar-refractivity contribution in [2.75, 3.05) is 0 Å². The fourth-order valence-electron chi connectivity index (χ4n) is 14.5. The third-order valence-electron chi connectivity index (χ3n) is 17.6. The lowest BCUT2D eigenvalue weighted by Gasteiger charge is -2.42. The highest BCUT2D eigenvalue weighted by molar-refractivity contribution is 7.19. The highest BCUT2D eigenvalue weighted by atomic mass is 32.1. The summed E-state index contributed by atoms with van der Waals surface area (Å²) in [5.74, 6) is 2.41. The maximum absolute atomic E-state index is 14.0. The molecule has 8 saturated carbocycles. The molecule has 322 valence electrons. The summed E-state index contributed by atoms with van der Waals surface area (Å²) in [4.78, 5) is 77.8. The Balaban J connectivity index is 0.883. The van der Waals surface area contributed by atoms with Crippen LogP contribution in [0.4, 0.5) is 10.3 Å². The van der Waals surface area contributed by atoms with E-state index in [0.717, 1.165) is 134 Å². The molecule has 0 bridgehead atoms. The smallest absolute Gasteiger partial charge is 0.210 e. The minimum Gasteiger partial charge on any atom is -0.480 e. The van der Waals surface area contributed by atoms with Crippen LogP contribution in [0.3, 0.4) is 0 Å². The van der Waals surface area contributed by atoms with Crippen LogP contribution in [0.2, 0.25) is 0 Å². The Morgan fingerprint density at radius 1 is 0.484 bits per heavy atom. The van der Waals surface area contributed by atoms with Crippen LogP contribution in [0, 0.1) is 47.3 Å². The maximum Gasteiger partial charge on any atom is 0.210 e. The predicted octanol–water partition coefficient (Wildman–Crippen LogP) is 11.2. The van der Waals surface area contributed by atoms with Gasteiger partial charge in [0, 0.05) is 34.8 Å². The van der Waals surface area contributed by atoms with Gasteiger partial charge >= 0.3 is 0 Å². The molecule has 8 aliphatic carbocycles. The van der Waals surface area contributed by atoms with Gasteiger partial charge in [-0.1, -0.05) is 86.9 Å². The molecule has 1 aromatic carbocycles. The summed E-state index contributed by atoms with van der Waals surface area (Å²) in [5, 5.41) is 0.907. The van der Waals surface area contributed by atoms with E-state index in [-0.39, 0.29) is 58.2 Å². The molecule has 2 aromatic heterocycles. The quantitative estimate of drug-likeness (QED) is 0.248. The van der Waals surface area contributed by atoms with E-state index < -0.39 is 11.2 Å². The van der Waals surface area contributed by atoms with Crippen molar-refractivity contribution in [1.29, 1.82) is 0 Å². The molecule has 3 aromatic rings. The first-order chi connectivity index (χ1) is 30.3. The number of aromatic nitrogens is 2. The number of hydrogen-bond acceptors (Lipinski definition) is 12. The Bertz CT molecular complexity index is 2280. The van der Waals surface area contributed by atoms with Gasteiger partial charge in [0.2, 0.25) is 10.3 Å². The molecule has 10 aliphatic rings. The van der Waals surface area contributed by atoms with E-state index in [4.69, 9.17) is 29.4 Å². The van der Waals surface area contributed by atoms with Crippen molar-refractivity contribution in [1.82, 2.24) is 9.97 Å². The molecular weight excluding hydrogens is 817 g/mol. The van der Waals surface area contributed by atoms with E-state index in [0.29, 0.717) is 33.9 Å². The van der Waals surface area contributed by atoms with Crippen molar-refractivity contribution >= 4 is 67.5 Å². The van der Waals surface area contributed by atoms with Crippen LogP contribution in [-0.4, -0.2) is 44.5 Å². The molecule has 13 rings (SSSR count). The normalized spacial score (nSPS) is 33.6. The molecule has 8 fully saturated rings. The van der Waals surface area contributed by atoms with Crippen LogP contribution in [0.1, 0.15) is 153 Å². The Kier molecular flexibility index (Phi) is 8.89.